The minimum absolute atomic E-state index is 0.0692. The molecule has 5 nitrogen and oxygen atoms in total. The first-order chi connectivity index (χ1) is 15.3. The fourth-order valence-electron chi connectivity index (χ4n) is 5.09. The maximum absolute atomic E-state index is 13.0. The van der Waals surface area contributed by atoms with Gasteiger partial charge in [0.2, 0.25) is 10.0 Å². The van der Waals surface area contributed by atoms with Crippen LogP contribution >= 0.6 is 11.6 Å². The van der Waals surface area contributed by atoms with Gasteiger partial charge in [0, 0.05) is 22.7 Å². The quantitative estimate of drug-likeness (QED) is 0.591. The van der Waals surface area contributed by atoms with E-state index in [1.165, 1.54) is 24.6 Å². The summed E-state index contributed by atoms with van der Waals surface area (Å²) in [7, 11) is -3.61. The van der Waals surface area contributed by atoms with Crippen LogP contribution in [0.3, 0.4) is 0 Å². The third-order valence-corrected chi connectivity index (χ3v) is 8.67. The van der Waals surface area contributed by atoms with Crippen molar-refractivity contribution in [2.45, 2.75) is 62.4 Å². The molecule has 1 N–H and O–H groups in total. The zero-order chi connectivity index (χ0) is 22.7. The monoisotopic (exact) mass is 474 g/mol. The number of carbonyl (C=O) groups excluding carboxylic acids is 1. The summed E-state index contributed by atoms with van der Waals surface area (Å²) in [6.45, 7) is 3.49. The van der Waals surface area contributed by atoms with E-state index in [1.54, 1.807) is 12.1 Å². The van der Waals surface area contributed by atoms with Crippen LogP contribution in [0.15, 0.2) is 53.4 Å². The highest BCUT2D eigenvalue weighted by molar-refractivity contribution is 7.89. The first-order valence-corrected chi connectivity index (χ1v) is 13.3. The largest absolute Gasteiger partial charge is 0.299 e. The van der Waals surface area contributed by atoms with Gasteiger partial charge >= 0.3 is 0 Å². The van der Waals surface area contributed by atoms with Crippen molar-refractivity contribution in [1.29, 1.82) is 0 Å². The molecule has 0 spiro atoms. The molecule has 2 fully saturated rings. The van der Waals surface area contributed by atoms with Crippen LogP contribution in [-0.2, 0) is 16.4 Å². The average Bonchev–Trinajstić information content (AvgIpc) is 3.23. The number of likely N-dealkylation sites (tertiary alicyclic amines) is 1. The maximum atomic E-state index is 13.0. The summed E-state index contributed by atoms with van der Waals surface area (Å²) in [4.78, 5) is 14.2. The molecule has 0 aromatic heterocycles. The molecule has 0 amide bonds. The Labute approximate surface area is 196 Å². The lowest BCUT2D eigenvalue weighted by atomic mass is 9.89. The smallest absolute Gasteiger partial charge is 0.240 e. The topological polar surface area (TPSA) is 66.5 Å². The average molecular weight is 475 g/mol. The van der Waals surface area contributed by atoms with E-state index in [2.05, 4.69) is 21.8 Å². The molecule has 1 saturated carbocycles. The first kappa shape index (κ1) is 23.4. The van der Waals surface area contributed by atoms with Gasteiger partial charge in [0.25, 0.3) is 0 Å². The number of halogens is 1. The Morgan fingerprint density at radius 2 is 1.66 bits per heavy atom. The lowest BCUT2D eigenvalue weighted by molar-refractivity contribution is 0.101. The second-order valence-electron chi connectivity index (χ2n) is 9.12. The molecule has 2 atom stereocenters. The summed E-state index contributed by atoms with van der Waals surface area (Å²) in [6, 6.07) is 14.5. The van der Waals surface area contributed by atoms with E-state index in [9.17, 15) is 13.2 Å². The van der Waals surface area contributed by atoms with Crippen LogP contribution in [0.25, 0.3) is 0 Å². The van der Waals surface area contributed by atoms with Crippen molar-refractivity contribution < 1.29 is 13.2 Å². The van der Waals surface area contributed by atoms with Crippen molar-refractivity contribution in [2.75, 3.05) is 13.1 Å². The second-order valence-corrected chi connectivity index (χ2v) is 11.3. The minimum Gasteiger partial charge on any atom is -0.299 e. The summed E-state index contributed by atoms with van der Waals surface area (Å²) in [5, 5.41) is 0.771. The zero-order valence-corrected chi connectivity index (χ0v) is 20.0. The van der Waals surface area contributed by atoms with Crippen LogP contribution in [0.4, 0.5) is 0 Å². The Kier molecular flexibility index (Phi) is 7.35. The molecule has 7 heteroatoms. The van der Waals surface area contributed by atoms with E-state index in [0.717, 1.165) is 56.6 Å². The Morgan fingerprint density at radius 1 is 1.00 bits per heavy atom. The number of rotatable bonds is 7. The highest BCUT2D eigenvalue weighted by Crippen LogP contribution is 2.31. The van der Waals surface area contributed by atoms with Crippen LogP contribution in [0.2, 0.25) is 5.02 Å². The number of nitrogens with zero attached hydrogens (tertiary/aromatic N) is 1. The summed E-state index contributed by atoms with van der Waals surface area (Å²) in [6.07, 6.45) is 6.25. The molecule has 0 bridgehead atoms. The van der Waals surface area contributed by atoms with Gasteiger partial charge in [0.1, 0.15) is 0 Å². The van der Waals surface area contributed by atoms with Crippen molar-refractivity contribution >= 4 is 27.4 Å². The first-order valence-electron chi connectivity index (χ1n) is 11.4. The molecule has 4 rings (SSSR count). The molecular weight excluding hydrogens is 444 g/mol. The van der Waals surface area contributed by atoms with Crippen LogP contribution in [0.1, 0.15) is 54.9 Å². The van der Waals surface area contributed by atoms with Crippen molar-refractivity contribution in [3.05, 3.63) is 64.7 Å². The van der Waals surface area contributed by atoms with Gasteiger partial charge in [-0.25, -0.2) is 13.1 Å². The third-order valence-electron chi connectivity index (χ3n) is 6.91. The van der Waals surface area contributed by atoms with E-state index in [1.807, 2.05) is 12.1 Å². The summed E-state index contributed by atoms with van der Waals surface area (Å²) >= 11 is 6.00. The van der Waals surface area contributed by atoms with Crippen molar-refractivity contribution in [1.82, 2.24) is 9.62 Å². The number of hydrogen-bond acceptors (Lipinski definition) is 4. The second kappa shape index (κ2) is 10.0. The van der Waals surface area contributed by atoms with Gasteiger partial charge in [-0.05, 0) is 87.9 Å². The molecule has 2 aliphatic rings. The SMILES string of the molecule is CC(=O)c1ccc(S(=O)(=O)N[C@@H]2CCC[C@H]2N2CCC(Cc3ccc(Cl)cc3)CC2)cc1. The fraction of sp³-hybridized carbons (Fsp3) is 0.480. The molecule has 1 saturated heterocycles. The third kappa shape index (κ3) is 5.60. The van der Waals surface area contributed by atoms with Gasteiger partial charge < -0.3 is 0 Å². The lowest BCUT2D eigenvalue weighted by Gasteiger charge is -2.38. The Hall–Kier alpha value is -1.73. The number of Topliss-reactive ketones (excluding diaryl/α,β-unsaturated/α-hetero) is 1. The van der Waals surface area contributed by atoms with Crippen LogP contribution in [-0.4, -0.2) is 44.3 Å². The van der Waals surface area contributed by atoms with E-state index < -0.39 is 10.0 Å². The van der Waals surface area contributed by atoms with E-state index in [4.69, 9.17) is 11.6 Å². The van der Waals surface area contributed by atoms with Crippen molar-refractivity contribution in [2.24, 2.45) is 5.92 Å². The molecule has 32 heavy (non-hydrogen) atoms. The molecule has 1 heterocycles. The molecule has 1 aliphatic heterocycles. The predicted molar refractivity (Wildman–Crippen MR) is 128 cm³/mol. The van der Waals surface area contributed by atoms with E-state index >= 15 is 0 Å². The molecular formula is C25H31ClN2O3S. The van der Waals surface area contributed by atoms with E-state index in [-0.39, 0.29) is 22.8 Å². The molecule has 2 aromatic rings. The number of benzene rings is 2. The fourth-order valence-corrected chi connectivity index (χ4v) is 6.52. The van der Waals surface area contributed by atoms with Gasteiger partial charge in [0.15, 0.2) is 5.78 Å². The molecule has 0 unspecified atom stereocenters. The van der Waals surface area contributed by atoms with Gasteiger partial charge in [-0.2, -0.15) is 0 Å². The van der Waals surface area contributed by atoms with Gasteiger partial charge in [-0.15, -0.1) is 0 Å². The highest BCUT2D eigenvalue weighted by Gasteiger charge is 2.36. The summed E-state index contributed by atoms with van der Waals surface area (Å²) in [5.41, 5.74) is 1.85. The van der Waals surface area contributed by atoms with Crippen molar-refractivity contribution in [3.63, 3.8) is 0 Å². The number of piperidine rings is 1. The predicted octanol–water partition coefficient (Wildman–Crippen LogP) is 4.70. The van der Waals surface area contributed by atoms with Crippen LogP contribution in [0.5, 0.6) is 0 Å². The van der Waals surface area contributed by atoms with Crippen LogP contribution in [0, 0.1) is 5.92 Å². The summed E-state index contributed by atoms with van der Waals surface area (Å²) < 4.78 is 28.9. The molecule has 2 aromatic carbocycles. The van der Waals surface area contributed by atoms with Gasteiger partial charge in [-0.3, -0.25) is 9.69 Å². The molecule has 0 radical (unpaired) electrons. The van der Waals surface area contributed by atoms with Gasteiger partial charge in [0.05, 0.1) is 4.90 Å². The van der Waals surface area contributed by atoms with Crippen molar-refractivity contribution in [3.8, 4) is 0 Å². The number of sulfonamides is 1. The number of carbonyl (C=O) groups is 1. The highest BCUT2D eigenvalue weighted by atomic mass is 35.5. The Balaban J connectivity index is 1.34. The Morgan fingerprint density at radius 3 is 2.28 bits per heavy atom. The van der Waals surface area contributed by atoms with Gasteiger partial charge in [-0.1, -0.05) is 42.3 Å². The van der Waals surface area contributed by atoms with E-state index in [0.29, 0.717) is 11.5 Å². The number of hydrogen-bond donors (Lipinski definition) is 1. The summed E-state index contributed by atoms with van der Waals surface area (Å²) in [5.74, 6) is 0.584. The Bertz CT molecular complexity index is 1030. The molecule has 172 valence electrons. The van der Waals surface area contributed by atoms with Crippen LogP contribution < -0.4 is 4.72 Å². The molecule has 1 aliphatic carbocycles. The normalized spacial score (nSPS) is 22.8. The maximum Gasteiger partial charge on any atom is 0.240 e. The zero-order valence-electron chi connectivity index (χ0n) is 18.5. The lowest BCUT2D eigenvalue weighted by Crippen LogP contribution is -2.51. The minimum atomic E-state index is -3.61. The standard InChI is InChI=1S/C25H31ClN2O3S/c1-18(29)21-7-11-23(12-8-21)32(30,31)27-24-3-2-4-25(24)28-15-13-20(14-16-28)17-19-5-9-22(26)10-6-19/h5-12,20,24-25,27H,2-4,13-17H2,1H3/t24-,25-/m1/s1. The number of ketones is 1. The number of nitrogens with one attached hydrogen (secondary N) is 1.